The van der Waals surface area contributed by atoms with Crippen molar-refractivity contribution in [1.82, 2.24) is 0 Å². The monoisotopic (exact) mass is 312 g/mol. The number of hydrogen-bond acceptors (Lipinski definition) is 1. The standard InChI is InChI=1S/C15H22BrNO/c16-13-7-9-15(10-8-13)18-12-4-3-11-17-14-5-1-2-6-14/h7-10,14,17H,1-6,11-12H2/p+1. The van der Waals surface area contributed by atoms with Crippen molar-refractivity contribution in [1.29, 1.82) is 0 Å². The molecule has 1 aliphatic carbocycles. The highest BCUT2D eigenvalue weighted by Crippen LogP contribution is 2.16. The van der Waals surface area contributed by atoms with Crippen LogP contribution in [0.15, 0.2) is 28.7 Å². The molecule has 3 heteroatoms. The molecule has 0 atom stereocenters. The minimum Gasteiger partial charge on any atom is -0.494 e. The molecular weight excluding hydrogens is 290 g/mol. The Morgan fingerprint density at radius 1 is 1.11 bits per heavy atom. The summed E-state index contributed by atoms with van der Waals surface area (Å²) in [6.45, 7) is 2.09. The lowest BCUT2D eigenvalue weighted by Gasteiger charge is -2.09. The van der Waals surface area contributed by atoms with Gasteiger partial charge in [-0.3, -0.25) is 0 Å². The first-order valence-corrected chi connectivity index (χ1v) is 7.85. The van der Waals surface area contributed by atoms with Crippen LogP contribution in [0.5, 0.6) is 5.75 Å². The molecule has 1 aromatic rings. The van der Waals surface area contributed by atoms with E-state index in [1.54, 1.807) is 0 Å². The van der Waals surface area contributed by atoms with Crippen LogP contribution >= 0.6 is 15.9 Å². The maximum absolute atomic E-state index is 5.70. The van der Waals surface area contributed by atoms with Gasteiger partial charge in [0.25, 0.3) is 0 Å². The van der Waals surface area contributed by atoms with Crippen molar-refractivity contribution in [3.8, 4) is 5.75 Å². The quantitative estimate of drug-likeness (QED) is 0.769. The van der Waals surface area contributed by atoms with Gasteiger partial charge in [0.05, 0.1) is 19.2 Å². The fourth-order valence-electron chi connectivity index (χ4n) is 2.51. The maximum atomic E-state index is 5.70. The zero-order chi connectivity index (χ0) is 12.6. The Morgan fingerprint density at radius 2 is 1.83 bits per heavy atom. The van der Waals surface area contributed by atoms with Gasteiger partial charge in [-0.25, -0.2) is 0 Å². The summed E-state index contributed by atoms with van der Waals surface area (Å²) >= 11 is 3.42. The van der Waals surface area contributed by atoms with Crippen molar-refractivity contribution in [3.05, 3.63) is 28.7 Å². The molecule has 0 amide bonds. The van der Waals surface area contributed by atoms with E-state index >= 15 is 0 Å². The van der Waals surface area contributed by atoms with E-state index in [0.29, 0.717) is 0 Å². The molecule has 0 radical (unpaired) electrons. The summed E-state index contributed by atoms with van der Waals surface area (Å²) in [6.07, 6.45) is 8.14. The minimum atomic E-state index is 0.833. The van der Waals surface area contributed by atoms with E-state index < -0.39 is 0 Å². The van der Waals surface area contributed by atoms with Crippen molar-refractivity contribution in [2.45, 2.75) is 44.6 Å². The largest absolute Gasteiger partial charge is 0.494 e. The second-order valence-electron chi connectivity index (χ2n) is 5.08. The fourth-order valence-corrected chi connectivity index (χ4v) is 2.78. The molecule has 0 heterocycles. The molecule has 0 saturated heterocycles. The SMILES string of the molecule is Brc1ccc(OCCCC[NH2+]C2CCCC2)cc1. The third kappa shape index (κ3) is 4.99. The molecule has 0 aromatic heterocycles. The van der Waals surface area contributed by atoms with Crippen LogP contribution in [-0.4, -0.2) is 19.2 Å². The van der Waals surface area contributed by atoms with Crippen LogP contribution in [0, 0.1) is 0 Å². The molecule has 0 spiro atoms. The number of rotatable bonds is 7. The third-order valence-electron chi connectivity index (χ3n) is 3.58. The summed E-state index contributed by atoms with van der Waals surface area (Å²) in [7, 11) is 0. The number of ether oxygens (including phenoxy) is 1. The van der Waals surface area contributed by atoms with Crippen LogP contribution in [0.2, 0.25) is 0 Å². The van der Waals surface area contributed by atoms with Gasteiger partial charge in [0.2, 0.25) is 0 Å². The van der Waals surface area contributed by atoms with Crippen LogP contribution in [-0.2, 0) is 0 Å². The summed E-state index contributed by atoms with van der Waals surface area (Å²) in [5.41, 5.74) is 0. The molecule has 2 nitrogen and oxygen atoms in total. The molecular formula is C15H23BrNO+. The Hall–Kier alpha value is -0.540. The first kappa shape index (κ1) is 13.9. The predicted molar refractivity (Wildman–Crippen MR) is 77.9 cm³/mol. The summed E-state index contributed by atoms with van der Waals surface area (Å²) in [5.74, 6) is 0.970. The highest BCUT2D eigenvalue weighted by molar-refractivity contribution is 9.10. The topological polar surface area (TPSA) is 25.8 Å². The van der Waals surface area contributed by atoms with Gasteiger partial charge < -0.3 is 10.1 Å². The van der Waals surface area contributed by atoms with Gasteiger partial charge in [-0.05, 0) is 62.8 Å². The minimum absolute atomic E-state index is 0.833. The third-order valence-corrected chi connectivity index (χ3v) is 4.11. The molecule has 18 heavy (non-hydrogen) atoms. The van der Waals surface area contributed by atoms with Crippen molar-refractivity contribution in [2.24, 2.45) is 0 Å². The van der Waals surface area contributed by atoms with Crippen LogP contribution in [0.25, 0.3) is 0 Å². The van der Waals surface area contributed by atoms with Crippen LogP contribution in [0.1, 0.15) is 38.5 Å². The molecule has 0 bridgehead atoms. The lowest BCUT2D eigenvalue weighted by molar-refractivity contribution is -0.688. The van der Waals surface area contributed by atoms with E-state index in [9.17, 15) is 0 Å². The molecule has 1 aliphatic rings. The molecule has 0 unspecified atom stereocenters. The summed E-state index contributed by atoms with van der Waals surface area (Å²) in [6, 6.07) is 8.97. The number of hydrogen-bond donors (Lipinski definition) is 1. The zero-order valence-electron chi connectivity index (χ0n) is 10.9. The van der Waals surface area contributed by atoms with Crippen molar-refractivity contribution in [2.75, 3.05) is 13.2 Å². The number of benzene rings is 1. The van der Waals surface area contributed by atoms with E-state index in [0.717, 1.165) is 29.3 Å². The first-order valence-electron chi connectivity index (χ1n) is 7.06. The molecule has 2 N–H and O–H groups in total. The number of nitrogens with two attached hydrogens (primary N) is 1. The number of halogens is 1. The lowest BCUT2D eigenvalue weighted by Crippen LogP contribution is -2.89. The average Bonchev–Trinajstić information content (AvgIpc) is 2.89. The second-order valence-corrected chi connectivity index (χ2v) is 5.99. The van der Waals surface area contributed by atoms with Crippen LogP contribution < -0.4 is 10.1 Å². The Kier molecular flexibility index (Phi) is 6.01. The average molecular weight is 313 g/mol. The molecule has 2 rings (SSSR count). The predicted octanol–water partition coefficient (Wildman–Crippen LogP) is 3.11. The zero-order valence-corrected chi connectivity index (χ0v) is 12.5. The highest BCUT2D eigenvalue weighted by Gasteiger charge is 2.16. The van der Waals surface area contributed by atoms with Gasteiger partial charge in [-0.1, -0.05) is 15.9 Å². The van der Waals surface area contributed by atoms with E-state index in [2.05, 4.69) is 21.2 Å². The van der Waals surface area contributed by atoms with Gasteiger partial charge in [-0.2, -0.15) is 0 Å². The van der Waals surface area contributed by atoms with Crippen molar-refractivity contribution in [3.63, 3.8) is 0 Å². The maximum Gasteiger partial charge on any atom is 0.119 e. The highest BCUT2D eigenvalue weighted by atomic mass is 79.9. The normalized spacial score (nSPS) is 16.1. The lowest BCUT2D eigenvalue weighted by atomic mass is 10.2. The first-order chi connectivity index (χ1) is 8.84. The molecule has 0 aliphatic heterocycles. The summed E-state index contributed by atoms with van der Waals surface area (Å²) in [5, 5.41) is 2.53. The molecule has 1 fully saturated rings. The van der Waals surface area contributed by atoms with Crippen molar-refractivity contribution >= 4 is 15.9 Å². The Bertz CT molecular complexity index is 333. The summed E-state index contributed by atoms with van der Waals surface area (Å²) < 4.78 is 6.80. The smallest absolute Gasteiger partial charge is 0.119 e. The molecule has 1 aromatic carbocycles. The number of quaternary nitrogens is 1. The van der Waals surface area contributed by atoms with Crippen LogP contribution in [0.3, 0.4) is 0 Å². The van der Waals surface area contributed by atoms with E-state index in [4.69, 9.17) is 4.74 Å². The van der Waals surface area contributed by atoms with Gasteiger partial charge in [0, 0.05) is 4.47 Å². The van der Waals surface area contributed by atoms with E-state index in [1.807, 2.05) is 24.3 Å². The number of unbranched alkanes of at least 4 members (excludes halogenated alkanes) is 1. The Labute approximate surface area is 118 Å². The van der Waals surface area contributed by atoms with E-state index in [-0.39, 0.29) is 0 Å². The molecule has 100 valence electrons. The van der Waals surface area contributed by atoms with Gasteiger partial charge in [0.1, 0.15) is 5.75 Å². The summed E-state index contributed by atoms with van der Waals surface area (Å²) in [4.78, 5) is 0. The van der Waals surface area contributed by atoms with Gasteiger partial charge >= 0.3 is 0 Å². The molecule has 1 saturated carbocycles. The van der Waals surface area contributed by atoms with E-state index in [1.165, 1.54) is 38.6 Å². The Morgan fingerprint density at radius 3 is 2.56 bits per heavy atom. The second kappa shape index (κ2) is 7.80. The van der Waals surface area contributed by atoms with Crippen LogP contribution in [0.4, 0.5) is 0 Å². The fraction of sp³-hybridized carbons (Fsp3) is 0.600. The Balaban J connectivity index is 1.49. The van der Waals surface area contributed by atoms with Gasteiger partial charge in [0.15, 0.2) is 0 Å². The van der Waals surface area contributed by atoms with Crippen molar-refractivity contribution < 1.29 is 10.1 Å². The van der Waals surface area contributed by atoms with Gasteiger partial charge in [-0.15, -0.1) is 0 Å².